The highest BCUT2D eigenvalue weighted by atomic mass is 16.6. The number of nitro groups is 1. The predicted octanol–water partition coefficient (Wildman–Crippen LogP) is 3.13. The molecule has 0 unspecified atom stereocenters. The Morgan fingerprint density at radius 1 is 1.22 bits per heavy atom. The molecular weight excluding hydrogens is 350 g/mol. The molecular formula is C19H19N3O5. The Hall–Kier alpha value is -3.42. The first-order chi connectivity index (χ1) is 13.0. The van der Waals surface area contributed by atoms with Crippen LogP contribution in [0.25, 0.3) is 0 Å². The maximum Gasteiger partial charge on any atom is 0.271 e. The Bertz CT molecular complexity index is 866. The summed E-state index contributed by atoms with van der Waals surface area (Å²) >= 11 is 0. The number of rotatable bonds is 7. The van der Waals surface area contributed by atoms with Crippen LogP contribution in [0.15, 0.2) is 48.5 Å². The Morgan fingerprint density at radius 3 is 2.63 bits per heavy atom. The number of benzene rings is 2. The van der Waals surface area contributed by atoms with E-state index in [1.807, 2.05) is 6.92 Å². The lowest BCUT2D eigenvalue weighted by Gasteiger charge is -2.16. The lowest BCUT2D eigenvalue weighted by atomic mass is 10.2. The molecule has 27 heavy (non-hydrogen) atoms. The molecule has 0 aromatic heterocycles. The highest BCUT2D eigenvalue weighted by Crippen LogP contribution is 2.27. The summed E-state index contributed by atoms with van der Waals surface area (Å²) in [6.45, 7) is 2.60. The van der Waals surface area contributed by atoms with Gasteiger partial charge in [0.15, 0.2) is 0 Å². The lowest BCUT2D eigenvalue weighted by molar-refractivity contribution is -0.384. The van der Waals surface area contributed by atoms with Crippen LogP contribution < -0.4 is 15.0 Å². The van der Waals surface area contributed by atoms with Gasteiger partial charge in [-0.2, -0.15) is 0 Å². The molecule has 2 aromatic carbocycles. The molecule has 0 aliphatic carbocycles. The van der Waals surface area contributed by atoms with Crippen molar-refractivity contribution in [2.24, 2.45) is 0 Å². The molecule has 1 heterocycles. The monoisotopic (exact) mass is 369 g/mol. The number of ether oxygens (including phenoxy) is 1. The second-order valence-corrected chi connectivity index (χ2v) is 6.12. The highest BCUT2D eigenvalue weighted by molar-refractivity contribution is 6.23. The molecule has 0 bridgehead atoms. The molecule has 8 heteroatoms. The third kappa shape index (κ3) is 4.05. The number of non-ortho nitro benzene ring substituents is 1. The summed E-state index contributed by atoms with van der Waals surface area (Å²) in [4.78, 5) is 36.5. The summed E-state index contributed by atoms with van der Waals surface area (Å²) in [6.07, 6.45) is 0.867. The van der Waals surface area contributed by atoms with E-state index >= 15 is 0 Å². The minimum absolute atomic E-state index is 0.0182. The zero-order valence-corrected chi connectivity index (χ0v) is 14.8. The smallest absolute Gasteiger partial charge is 0.271 e. The van der Waals surface area contributed by atoms with Gasteiger partial charge in [-0.15, -0.1) is 0 Å². The van der Waals surface area contributed by atoms with Gasteiger partial charge in [0.1, 0.15) is 11.8 Å². The molecule has 1 aliphatic rings. The van der Waals surface area contributed by atoms with Crippen molar-refractivity contribution in [1.29, 1.82) is 0 Å². The van der Waals surface area contributed by atoms with Gasteiger partial charge in [-0.1, -0.05) is 13.0 Å². The van der Waals surface area contributed by atoms with Gasteiger partial charge < -0.3 is 10.1 Å². The van der Waals surface area contributed by atoms with E-state index < -0.39 is 16.9 Å². The number of hydrogen-bond donors (Lipinski definition) is 1. The summed E-state index contributed by atoms with van der Waals surface area (Å²) < 4.78 is 5.50. The topological polar surface area (TPSA) is 102 Å². The summed E-state index contributed by atoms with van der Waals surface area (Å²) in [7, 11) is 0. The van der Waals surface area contributed by atoms with E-state index in [0.717, 1.165) is 11.3 Å². The summed E-state index contributed by atoms with van der Waals surface area (Å²) in [5.74, 6) is -0.0511. The fourth-order valence-corrected chi connectivity index (χ4v) is 2.84. The molecule has 0 radical (unpaired) electrons. The third-order valence-electron chi connectivity index (χ3n) is 4.11. The summed E-state index contributed by atoms with van der Waals surface area (Å²) in [5, 5.41) is 13.8. The van der Waals surface area contributed by atoms with Crippen molar-refractivity contribution >= 4 is 28.9 Å². The number of nitrogens with zero attached hydrogens (tertiary/aromatic N) is 2. The quantitative estimate of drug-likeness (QED) is 0.457. The van der Waals surface area contributed by atoms with Gasteiger partial charge in [0.25, 0.3) is 11.6 Å². The minimum Gasteiger partial charge on any atom is -0.494 e. The van der Waals surface area contributed by atoms with Crippen LogP contribution in [0, 0.1) is 10.1 Å². The normalized spacial score (nSPS) is 16.5. The molecule has 1 saturated heterocycles. The number of carbonyl (C=O) groups is 2. The van der Waals surface area contributed by atoms with Crippen molar-refractivity contribution in [3.8, 4) is 5.75 Å². The molecule has 2 aromatic rings. The number of anilines is 2. The third-order valence-corrected chi connectivity index (χ3v) is 4.11. The summed E-state index contributed by atoms with van der Waals surface area (Å²) in [6, 6.07) is 11.8. The van der Waals surface area contributed by atoms with Gasteiger partial charge in [0.05, 0.1) is 23.6 Å². The molecule has 1 N–H and O–H groups in total. The Balaban J connectivity index is 1.73. The second-order valence-electron chi connectivity index (χ2n) is 6.12. The lowest BCUT2D eigenvalue weighted by Crippen LogP contribution is -2.34. The van der Waals surface area contributed by atoms with Gasteiger partial charge in [0, 0.05) is 17.8 Å². The average molecular weight is 369 g/mol. The van der Waals surface area contributed by atoms with Crippen molar-refractivity contribution in [3.63, 3.8) is 0 Å². The molecule has 3 rings (SSSR count). The van der Waals surface area contributed by atoms with Gasteiger partial charge in [-0.05, 0) is 36.8 Å². The van der Waals surface area contributed by atoms with Crippen molar-refractivity contribution in [2.45, 2.75) is 25.8 Å². The van der Waals surface area contributed by atoms with Gasteiger partial charge in [-0.3, -0.25) is 19.7 Å². The number of nitro benzene ring substituents is 1. The van der Waals surface area contributed by atoms with Gasteiger partial charge in [-0.25, -0.2) is 4.90 Å². The molecule has 1 atom stereocenters. The fraction of sp³-hybridized carbons (Fsp3) is 0.263. The zero-order valence-electron chi connectivity index (χ0n) is 14.8. The number of amides is 2. The average Bonchev–Trinajstić information content (AvgIpc) is 2.94. The molecule has 140 valence electrons. The maximum absolute atomic E-state index is 12.7. The van der Waals surface area contributed by atoms with Crippen LogP contribution in [0.4, 0.5) is 17.1 Å². The zero-order chi connectivity index (χ0) is 19.4. The van der Waals surface area contributed by atoms with E-state index in [9.17, 15) is 19.7 Å². The fourth-order valence-electron chi connectivity index (χ4n) is 2.84. The highest BCUT2D eigenvalue weighted by Gasteiger charge is 2.39. The van der Waals surface area contributed by atoms with E-state index in [1.54, 1.807) is 30.3 Å². The number of hydrogen-bond acceptors (Lipinski definition) is 6. The number of imide groups is 1. The summed E-state index contributed by atoms with van der Waals surface area (Å²) in [5.41, 5.74) is 0.800. The van der Waals surface area contributed by atoms with E-state index in [-0.39, 0.29) is 18.0 Å². The molecule has 0 saturated carbocycles. The number of carbonyl (C=O) groups excluding carboxylic acids is 2. The van der Waals surface area contributed by atoms with Crippen LogP contribution in [-0.4, -0.2) is 29.4 Å². The van der Waals surface area contributed by atoms with Crippen LogP contribution in [0.5, 0.6) is 5.75 Å². The van der Waals surface area contributed by atoms with Gasteiger partial charge >= 0.3 is 0 Å². The van der Waals surface area contributed by atoms with E-state index in [0.29, 0.717) is 23.7 Å². The number of nitrogens with one attached hydrogen (secondary N) is 1. The standard InChI is InChI=1S/C19H19N3O5/c1-2-10-27-16-8-6-14(7-9-16)21-18(23)12-17(19(21)24)20-13-4-3-5-15(11-13)22(25)26/h3-9,11,17,20H,2,10,12H2,1H3/t17-/m0/s1. The SMILES string of the molecule is CCCOc1ccc(N2C(=O)C[C@H](Nc3cccc([N+](=O)[O-])c3)C2=O)cc1. The second kappa shape index (κ2) is 7.86. The first-order valence-electron chi connectivity index (χ1n) is 8.60. The minimum atomic E-state index is -0.768. The van der Waals surface area contributed by atoms with E-state index in [1.165, 1.54) is 18.2 Å². The molecule has 8 nitrogen and oxygen atoms in total. The van der Waals surface area contributed by atoms with Crippen LogP contribution in [-0.2, 0) is 9.59 Å². The van der Waals surface area contributed by atoms with Crippen molar-refractivity contribution in [3.05, 3.63) is 58.6 Å². The van der Waals surface area contributed by atoms with Crippen LogP contribution >= 0.6 is 0 Å². The maximum atomic E-state index is 12.7. The Labute approximate surface area is 155 Å². The molecule has 2 amide bonds. The van der Waals surface area contributed by atoms with Crippen molar-refractivity contribution < 1.29 is 19.2 Å². The van der Waals surface area contributed by atoms with Crippen molar-refractivity contribution in [1.82, 2.24) is 0 Å². The first kappa shape index (κ1) is 18.4. The van der Waals surface area contributed by atoms with Crippen molar-refractivity contribution in [2.75, 3.05) is 16.8 Å². The van der Waals surface area contributed by atoms with E-state index in [2.05, 4.69) is 5.32 Å². The van der Waals surface area contributed by atoms with Crippen LogP contribution in [0.2, 0.25) is 0 Å². The Morgan fingerprint density at radius 2 is 1.96 bits per heavy atom. The Kier molecular flexibility index (Phi) is 5.35. The first-order valence-corrected chi connectivity index (χ1v) is 8.60. The largest absolute Gasteiger partial charge is 0.494 e. The predicted molar refractivity (Wildman–Crippen MR) is 99.8 cm³/mol. The molecule has 1 aliphatic heterocycles. The molecule has 1 fully saturated rings. The van der Waals surface area contributed by atoms with Crippen LogP contribution in [0.1, 0.15) is 19.8 Å². The van der Waals surface area contributed by atoms with Crippen LogP contribution in [0.3, 0.4) is 0 Å². The van der Waals surface area contributed by atoms with Gasteiger partial charge in [0.2, 0.25) is 5.91 Å². The van der Waals surface area contributed by atoms with E-state index in [4.69, 9.17) is 4.74 Å². The molecule has 0 spiro atoms.